The smallest absolute Gasteiger partial charge is 0.124 e. The van der Waals surface area contributed by atoms with Gasteiger partial charge in [-0.05, 0) is 114 Å². The van der Waals surface area contributed by atoms with Crippen LogP contribution in [0.2, 0.25) is 0 Å². The van der Waals surface area contributed by atoms with Crippen molar-refractivity contribution < 1.29 is 5.11 Å². The van der Waals surface area contributed by atoms with Crippen LogP contribution in [0.1, 0.15) is 132 Å². The van der Waals surface area contributed by atoms with Crippen molar-refractivity contribution in [3.63, 3.8) is 0 Å². The highest BCUT2D eigenvalue weighted by molar-refractivity contribution is 5.99. The van der Waals surface area contributed by atoms with E-state index in [-0.39, 0.29) is 32.5 Å². The largest absolute Gasteiger partial charge is 0.507 e. The lowest BCUT2D eigenvalue weighted by molar-refractivity contribution is -0.150. The molecule has 2 atom stereocenters. The molecule has 2 unspecified atom stereocenters. The Kier molecular flexibility index (Phi) is 6.62. The van der Waals surface area contributed by atoms with Gasteiger partial charge in [0.25, 0.3) is 0 Å². The third-order valence-corrected chi connectivity index (χ3v) is 14.0. The molecule has 1 heteroatoms. The van der Waals surface area contributed by atoms with E-state index in [2.05, 4.69) is 133 Å². The van der Waals surface area contributed by atoms with E-state index in [0.717, 1.165) is 18.4 Å². The molecule has 1 nitrogen and oxygen atoms in total. The zero-order valence-electron chi connectivity index (χ0n) is 30.3. The molecular weight excluding hydrogens is 532 g/mol. The van der Waals surface area contributed by atoms with E-state index in [1.54, 1.807) is 16.7 Å². The van der Waals surface area contributed by atoms with Crippen LogP contribution in [0.15, 0.2) is 59.2 Å². The number of phenols is 1. The molecule has 0 aromatic heterocycles. The first-order valence-electron chi connectivity index (χ1n) is 17.2. The molecule has 0 spiro atoms. The molecule has 4 aliphatic carbocycles. The minimum atomic E-state index is -0.121. The lowest BCUT2D eigenvalue weighted by Gasteiger charge is -2.70. The summed E-state index contributed by atoms with van der Waals surface area (Å²) in [4.78, 5) is 0. The molecule has 0 saturated heterocycles. The molecule has 2 aromatic carbocycles. The van der Waals surface area contributed by atoms with Crippen LogP contribution in [0.25, 0.3) is 16.7 Å². The maximum atomic E-state index is 11.9. The zero-order valence-corrected chi connectivity index (χ0v) is 30.3. The molecule has 0 radical (unpaired) electrons. The van der Waals surface area contributed by atoms with E-state index in [0.29, 0.717) is 17.6 Å². The maximum Gasteiger partial charge on any atom is 0.124 e. The van der Waals surface area contributed by atoms with Gasteiger partial charge in [0, 0.05) is 5.56 Å². The number of phenolic OH excluding ortho intramolecular Hbond substituents is 1. The van der Waals surface area contributed by atoms with Crippen LogP contribution >= 0.6 is 0 Å². The van der Waals surface area contributed by atoms with Crippen molar-refractivity contribution in [2.24, 2.45) is 33.5 Å². The minimum absolute atomic E-state index is 0.0409. The van der Waals surface area contributed by atoms with Crippen molar-refractivity contribution in [2.45, 2.75) is 127 Å². The Morgan fingerprint density at radius 2 is 1.45 bits per heavy atom. The van der Waals surface area contributed by atoms with E-state index < -0.39 is 0 Å². The average molecular weight is 591 g/mol. The number of rotatable bonds is 1. The Balaban J connectivity index is 1.71. The molecule has 6 rings (SSSR count). The van der Waals surface area contributed by atoms with Crippen LogP contribution in [-0.2, 0) is 17.3 Å². The van der Waals surface area contributed by atoms with Crippen molar-refractivity contribution in [3.05, 3.63) is 81.5 Å². The topological polar surface area (TPSA) is 20.2 Å². The second kappa shape index (κ2) is 9.27. The SMILES string of the molecule is CC(C)(C)c1cc(O)c(-c2cccc3c2C2=C4C=CCCC4C4C(=C2C3)C(C)(C)C(C)(C)C(C)(C)C4(C)C)c(C(C)(C)C)c1. The summed E-state index contributed by atoms with van der Waals surface area (Å²) in [6.07, 6.45) is 8.27. The molecular formula is C43H58O. The van der Waals surface area contributed by atoms with Crippen molar-refractivity contribution >= 4 is 5.57 Å². The van der Waals surface area contributed by atoms with Crippen LogP contribution < -0.4 is 0 Å². The van der Waals surface area contributed by atoms with E-state index in [9.17, 15) is 5.11 Å². The average Bonchev–Trinajstić information content (AvgIpc) is 3.29. The summed E-state index contributed by atoms with van der Waals surface area (Å²) in [5.41, 5.74) is 14.0. The molecule has 0 bridgehead atoms. The quantitative estimate of drug-likeness (QED) is 0.350. The lowest BCUT2D eigenvalue weighted by Crippen LogP contribution is -2.63. The van der Waals surface area contributed by atoms with Crippen molar-refractivity contribution in [3.8, 4) is 16.9 Å². The molecule has 0 aliphatic heterocycles. The van der Waals surface area contributed by atoms with Crippen molar-refractivity contribution in [1.82, 2.24) is 0 Å². The maximum absolute atomic E-state index is 11.9. The van der Waals surface area contributed by atoms with Gasteiger partial charge in [-0.25, -0.2) is 0 Å². The number of aromatic hydroxyl groups is 1. The summed E-state index contributed by atoms with van der Waals surface area (Å²) < 4.78 is 0. The predicted molar refractivity (Wildman–Crippen MR) is 189 cm³/mol. The number of fused-ring (bicyclic) bond motifs is 6. The van der Waals surface area contributed by atoms with Gasteiger partial charge in [0.15, 0.2) is 0 Å². The fourth-order valence-corrected chi connectivity index (χ4v) is 9.87. The third kappa shape index (κ3) is 3.96. The molecule has 1 N–H and O–H groups in total. The monoisotopic (exact) mass is 590 g/mol. The first-order valence-corrected chi connectivity index (χ1v) is 17.2. The van der Waals surface area contributed by atoms with Gasteiger partial charge in [0.05, 0.1) is 0 Å². The number of benzene rings is 2. The van der Waals surface area contributed by atoms with Crippen LogP contribution in [-0.4, -0.2) is 5.11 Å². The minimum Gasteiger partial charge on any atom is -0.507 e. The highest BCUT2D eigenvalue weighted by atomic mass is 16.3. The van der Waals surface area contributed by atoms with Crippen molar-refractivity contribution in [2.75, 3.05) is 0 Å². The van der Waals surface area contributed by atoms with Crippen LogP contribution in [0.5, 0.6) is 5.75 Å². The molecule has 236 valence electrons. The molecule has 1 saturated carbocycles. The summed E-state index contributed by atoms with van der Waals surface area (Å²) in [6.45, 7) is 34.0. The van der Waals surface area contributed by atoms with Gasteiger partial charge >= 0.3 is 0 Å². The third-order valence-electron chi connectivity index (χ3n) is 14.0. The van der Waals surface area contributed by atoms with E-state index in [1.807, 2.05) is 6.07 Å². The Morgan fingerprint density at radius 1 is 0.795 bits per heavy atom. The van der Waals surface area contributed by atoms with Gasteiger partial charge in [0.2, 0.25) is 0 Å². The second-order valence-corrected chi connectivity index (χ2v) is 18.8. The first-order chi connectivity index (χ1) is 20.1. The molecule has 44 heavy (non-hydrogen) atoms. The second-order valence-electron chi connectivity index (χ2n) is 18.8. The van der Waals surface area contributed by atoms with Crippen molar-refractivity contribution in [1.29, 1.82) is 0 Å². The van der Waals surface area contributed by atoms with Crippen LogP contribution in [0.4, 0.5) is 0 Å². The van der Waals surface area contributed by atoms with E-state index >= 15 is 0 Å². The molecule has 4 aliphatic rings. The number of hydrogen-bond acceptors (Lipinski definition) is 1. The highest BCUT2D eigenvalue weighted by Gasteiger charge is 2.66. The van der Waals surface area contributed by atoms with Gasteiger partial charge in [0.1, 0.15) is 5.75 Å². The molecule has 1 fully saturated rings. The number of hydrogen-bond donors (Lipinski definition) is 1. The van der Waals surface area contributed by atoms with E-state index in [1.165, 1.54) is 39.8 Å². The summed E-state index contributed by atoms with van der Waals surface area (Å²) >= 11 is 0. The summed E-state index contributed by atoms with van der Waals surface area (Å²) in [7, 11) is 0. The zero-order chi connectivity index (χ0) is 32.6. The molecule has 2 aromatic rings. The fraction of sp³-hybridized carbons (Fsp3) is 0.581. The van der Waals surface area contributed by atoms with Gasteiger partial charge in [-0.3, -0.25) is 0 Å². The van der Waals surface area contributed by atoms with Crippen LogP contribution in [0, 0.1) is 33.5 Å². The van der Waals surface area contributed by atoms with Gasteiger partial charge < -0.3 is 5.11 Å². The number of allylic oxidation sites excluding steroid dienone is 6. The Bertz CT molecular complexity index is 1650. The van der Waals surface area contributed by atoms with E-state index in [4.69, 9.17) is 0 Å². The Morgan fingerprint density at radius 3 is 2.07 bits per heavy atom. The van der Waals surface area contributed by atoms with Gasteiger partial charge in [-0.15, -0.1) is 0 Å². The summed E-state index contributed by atoms with van der Waals surface area (Å²) in [6, 6.07) is 11.3. The lowest BCUT2D eigenvalue weighted by atomic mass is 9.34. The standard InChI is InChI=1S/C43H58O/c1-38(2,3)26-23-31(39(4,5)6)35(32(44)24-26)29-21-17-18-25-22-30-34(33(25)29)27-19-15-16-20-28(27)36-37(30)41(9,10)43(13,14)42(11,12)40(36,7)8/h15,17-19,21,23-24,28,36,44H,16,20,22H2,1-14H3. The normalized spacial score (nSPS) is 26.2. The van der Waals surface area contributed by atoms with Gasteiger partial charge in [-0.2, -0.15) is 0 Å². The fourth-order valence-electron chi connectivity index (χ4n) is 9.87. The first kappa shape index (κ1) is 31.4. The van der Waals surface area contributed by atoms with Gasteiger partial charge in [-0.1, -0.05) is 139 Å². The Labute approximate surface area is 269 Å². The molecule has 0 amide bonds. The Hall–Kier alpha value is -2.54. The molecule has 0 heterocycles. The highest BCUT2D eigenvalue weighted by Crippen LogP contribution is 2.75. The summed E-state index contributed by atoms with van der Waals surface area (Å²) in [5.74, 6) is 1.44. The predicted octanol–water partition coefficient (Wildman–Crippen LogP) is 12.0. The van der Waals surface area contributed by atoms with Crippen LogP contribution in [0.3, 0.4) is 0 Å². The summed E-state index contributed by atoms with van der Waals surface area (Å²) in [5, 5.41) is 11.9.